The van der Waals surface area contributed by atoms with Crippen LogP contribution in [0.1, 0.15) is 11.7 Å². The van der Waals surface area contributed by atoms with Gasteiger partial charge in [0.25, 0.3) is 0 Å². The van der Waals surface area contributed by atoms with E-state index in [-0.39, 0.29) is 17.2 Å². The molecule has 1 aromatic carbocycles. The minimum absolute atomic E-state index is 0.0951. The van der Waals surface area contributed by atoms with Crippen molar-refractivity contribution in [2.75, 3.05) is 19.7 Å². The largest absolute Gasteiger partial charge is 0.470 e. The number of aromatic nitrogens is 1. The Bertz CT molecular complexity index is 627. The van der Waals surface area contributed by atoms with E-state index >= 15 is 0 Å². The molecule has 0 saturated carbocycles. The lowest BCUT2D eigenvalue weighted by atomic mass is 10.0. The third-order valence-corrected chi connectivity index (χ3v) is 3.75. The second-order valence-electron chi connectivity index (χ2n) is 4.99. The Hall–Kier alpha value is -1.69. The summed E-state index contributed by atoms with van der Waals surface area (Å²) >= 11 is 5.75. The van der Waals surface area contributed by atoms with E-state index in [4.69, 9.17) is 21.1 Å². The molecule has 22 heavy (non-hydrogen) atoms. The SMILES string of the molecule is Fc1cc(C2OCCNC[C@@H]2Oc2ccccn2)ccc1Cl. The normalized spacial score (nSPS) is 22.1. The second-order valence-corrected chi connectivity index (χ2v) is 5.40. The minimum Gasteiger partial charge on any atom is -0.470 e. The van der Waals surface area contributed by atoms with E-state index in [0.717, 1.165) is 0 Å². The first-order chi connectivity index (χ1) is 10.7. The van der Waals surface area contributed by atoms with E-state index in [1.165, 1.54) is 12.1 Å². The molecule has 1 aliphatic heterocycles. The van der Waals surface area contributed by atoms with Crippen molar-refractivity contribution in [3.8, 4) is 5.88 Å². The maximum Gasteiger partial charge on any atom is 0.213 e. The van der Waals surface area contributed by atoms with Crippen LogP contribution in [0, 0.1) is 5.82 Å². The highest BCUT2D eigenvalue weighted by Gasteiger charge is 2.28. The van der Waals surface area contributed by atoms with Gasteiger partial charge in [0.15, 0.2) is 0 Å². The molecule has 4 nitrogen and oxygen atoms in total. The maximum atomic E-state index is 13.7. The van der Waals surface area contributed by atoms with Gasteiger partial charge in [-0.05, 0) is 23.8 Å². The number of ether oxygens (including phenoxy) is 2. The summed E-state index contributed by atoms with van der Waals surface area (Å²) in [4.78, 5) is 4.16. The number of hydrogen-bond donors (Lipinski definition) is 1. The van der Waals surface area contributed by atoms with Gasteiger partial charge in [-0.2, -0.15) is 0 Å². The molecule has 2 aromatic rings. The summed E-state index contributed by atoms with van der Waals surface area (Å²) < 4.78 is 25.5. The molecule has 1 aliphatic rings. The van der Waals surface area contributed by atoms with Crippen molar-refractivity contribution in [3.05, 3.63) is 59.0 Å². The Balaban J connectivity index is 1.85. The maximum absolute atomic E-state index is 13.7. The van der Waals surface area contributed by atoms with Gasteiger partial charge in [-0.3, -0.25) is 0 Å². The molecular formula is C16H16ClFN2O2. The minimum atomic E-state index is -0.462. The van der Waals surface area contributed by atoms with Crippen LogP contribution in [-0.2, 0) is 4.74 Å². The van der Waals surface area contributed by atoms with Gasteiger partial charge in [-0.1, -0.05) is 23.7 Å². The van der Waals surface area contributed by atoms with Crippen LogP contribution in [0.15, 0.2) is 42.6 Å². The third kappa shape index (κ3) is 3.55. The number of halogens is 2. The van der Waals surface area contributed by atoms with Crippen molar-refractivity contribution in [2.24, 2.45) is 0 Å². The van der Waals surface area contributed by atoms with Crippen molar-refractivity contribution in [1.82, 2.24) is 10.3 Å². The van der Waals surface area contributed by atoms with E-state index in [2.05, 4.69) is 10.3 Å². The van der Waals surface area contributed by atoms with Crippen LogP contribution in [-0.4, -0.2) is 30.8 Å². The molecule has 0 radical (unpaired) electrons. The summed E-state index contributed by atoms with van der Waals surface area (Å²) in [7, 11) is 0. The Labute approximate surface area is 133 Å². The van der Waals surface area contributed by atoms with Gasteiger partial charge in [0.05, 0.1) is 11.6 Å². The Morgan fingerprint density at radius 2 is 2.23 bits per heavy atom. The highest BCUT2D eigenvalue weighted by molar-refractivity contribution is 6.30. The zero-order valence-corrected chi connectivity index (χ0v) is 12.6. The van der Waals surface area contributed by atoms with Crippen molar-refractivity contribution in [3.63, 3.8) is 0 Å². The quantitative estimate of drug-likeness (QED) is 0.943. The molecule has 1 fully saturated rings. The first-order valence-electron chi connectivity index (χ1n) is 7.09. The number of rotatable bonds is 3. The Kier molecular flexibility index (Phi) is 4.87. The first kappa shape index (κ1) is 15.2. The van der Waals surface area contributed by atoms with E-state index in [0.29, 0.717) is 31.1 Å². The predicted octanol–water partition coefficient (Wildman–Crippen LogP) is 2.98. The standard InChI is InChI=1S/C16H16ClFN2O2/c17-12-5-4-11(9-13(12)18)16-14(10-19-7-8-21-16)22-15-3-1-2-6-20-15/h1-6,9,14,16,19H,7-8,10H2/t14-,16?/m0/s1. The van der Waals surface area contributed by atoms with Crippen molar-refractivity contribution in [1.29, 1.82) is 0 Å². The average molecular weight is 323 g/mol. The predicted molar refractivity (Wildman–Crippen MR) is 81.6 cm³/mol. The second kappa shape index (κ2) is 7.05. The fourth-order valence-electron chi connectivity index (χ4n) is 2.39. The van der Waals surface area contributed by atoms with E-state index in [1.54, 1.807) is 18.3 Å². The summed E-state index contributed by atoms with van der Waals surface area (Å²) in [5, 5.41) is 3.34. The molecule has 116 valence electrons. The highest BCUT2D eigenvalue weighted by atomic mass is 35.5. The van der Waals surface area contributed by atoms with Gasteiger partial charge in [-0.15, -0.1) is 0 Å². The van der Waals surface area contributed by atoms with Crippen molar-refractivity contribution < 1.29 is 13.9 Å². The van der Waals surface area contributed by atoms with Crippen LogP contribution in [0.3, 0.4) is 0 Å². The van der Waals surface area contributed by atoms with Crippen LogP contribution in [0.5, 0.6) is 5.88 Å². The zero-order valence-electron chi connectivity index (χ0n) is 11.8. The lowest BCUT2D eigenvalue weighted by molar-refractivity contribution is -0.0102. The third-order valence-electron chi connectivity index (χ3n) is 3.44. The molecule has 3 rings (SSSR count). The Morgan fingerprint density at radius 3 is 3.00 bits per heavy atom. The summed E-state index contributed by atoms with van der Waals surface area (Å²) in [5.41, 5.74) is 0.700. The molecule has 2 atom stereocenters. The van der Waals surface area contributed by atoms with Gasteiger partial charge in [-0.25, -0.2) is 9.37 Å². The van der Waals surface area contributed by atoms with Gasteiger partial charge in [0.2, 0.25) is 5.88 Å². The van der Waals surface area contributed by atoms with Gasteiger partial charge in [0.1, 0.15) is 18.0 Å². The number of nitrogens with one attached hydrogen (secondary N) is 1. The fourth-order valence-corrected chi connectivity index (χ4v) is 2.51. The molecule has 0 aliphatic carbocycles. The summed E-state index contributed by atoms with van der Waals surface area (Å²) in [6.07, 6.45) is 0.971. The lowest BCUT2D eigenvalue weighted by Gasteiger charge is -2.25. The highest BCUT2D eigenvalue weighted by Crippen LogP contribution is 2.28. The molecule has 1 N–H and O–H groups in total. The first-order valence-corrected chi connectivity index (χ1v) is 7.47. The van der Waals surface area contributed by atoms with Crippen LogP contribution < -0.4 is 10.1 Å². The molecule has 1 saturated heterocycles. The van der Waals surface area contributed by atoms with E-state index < -0.39 is 5.82 Å². The number of pyridine rings is 1. The summed E-state index contributed by atoms with van der Waals surface area (Å²) in [5.74, 6) is 0.0517. The summed E-state index contributed by atoms with van der Waals surface area (Å²) in [6.45, 7) is 1.83. The van der Waals surface area contributed by atoms with Gasteiger partial charge in [0, 0.05) is 25.4 Å². The number of benzene rings is 1. The summed E-state index contributed by atoms with van der Waals surface area (Å²) in [6, 6.07) is 10.1. The zero-order chi connectivity index (χ0) is 15.4. The topological polar surface area (TPSA) is 43.4 Å². The van der Waals surface area contributed by atoms with Crippen molar-refractivity contribution in [2.45, 2.75) is 12.2 Å². The lowest BCUT2D eigenvalue weighted by Crippen LogP contribution is -2.34. The molecule has 0 bridgehead atoms. The van der Waals surface area contributed by atoms with E-state index in [1.807, 2.05) is 12.1 Å². The fraction of sp³-hybridized carbons (Fsp3) is 0.312. The van der Waals surface area contributed by atoms with Crippen LogP contribution in [0.25, 0.3) is 0 Å². The van der Waals surface area contributed by atoms with Crippen LogP contribution >= 0.6 is 11.6 Å². The number of nitrogens with zero attached hydrogens (tertiary/aromatic N) is 1. The Morgan fingerprint density at radius 1 is 1.32 bits per heavy atom. The number of hydrogen-bond acceptors (Lipinski definition) is 4. The molecule has 1 aromatic heterocycles. The van der Waals surface area contributed by atoms with Gasteiger partial charge < -0.3 is 14.8 Å². The van der Waals surface area contributed by atoms with Crippen molar-refractivity contribution >= 4 is 11.6 Å². The monoisotopic (exact) mass is 322 g/mol. The molecule has 0 spiro atoms. The molecular weight excluding hydrogens is 307 g/mol. The van der Waals surface area contributed by atoms with Gasteiger partial charge >= 0.3 is 0 Å². The average Bonchev–Trinajstić information content (AvgIpc) is 2.77. The molecule has 2 heterocycles. The van der Waals surface area contributed by atoms with E-state index in [9.17, 15) is 4.39 Å². The molecule has 6 heteroatoms. The smallest absolute Gasteiger partial charge is 0.213 e. The van der Waals surface area contributed by atoms with Crippen LogP contribution in [0.4, 0.5) is 4.39 Å². The molecule has 0 amide bonds. The van der Waals surface area contributed by atoms with Crippen LogP contribution in [0.2, 0.25) is 5.02 Å². The molecule has 1 unspecified atom stereocenters.